The lowest BCUT2D eigenvalue weighted by Gasteiger charge is -2.16. The molecular formula is C18H22N6OS2. The van der Waals surface area contributed by atoms with Crippen molar-refractivity contribution in [3.63, 3.8) is 0 Å². The van der Waals surface area contributed by atoms with Gasteiger partial charge in [0, 0.05) is 36.1 Å². The van der Waals surface area contributed by atoms with Crippen LogP contribution in [0.15, 0.2) is 41.3 Å². The molecule has 3 aromatic rings. The summed E-state index contributed by atoms with van der Waals surface area (Å²) in [5, 5.41) is 14.6. The number of amides is 1. The Morgan fingerprint density at radius 3 is 2.67 bits per heavy atom. The lowest BCUT2D eigenvalue weighted by molar-refractivity contribution is -0.115. The van der Waals surface area contributed by atoms with Gasteiger partial charge in [-0.3, -0.25) is 9.78 Å². The number of carbonyl (C=O) groups excluding carboxylic acids is 1. The second-order valence-corrected chi connectivity index (χ2v) is 8.45. The molecule has 1 amide bonds. The van der Waals surface area contributed by atoms with Gasteiger partial charge in [0.25, 0.3) is 0 Å². The standard InChI is InChI=1S/C18H22N6OS2/c1-4-14(16(25)21-17-20-9-10-26-17)27-18-23-22-15(24(18)11-12(2)3)13-5-7-19-8-6-13/h5-10,12,14H,4,11H2,1-3H3,(H,20,21,25)/t14-/m1/s1. The summed E-state index contributed by atoms with van der Waals surface area (Å²) in [5.41, 5.74) is 0.963. The zero-order valence-corrected chi connectivity index (χ0v) is 17.1. The molecule has 0 saturated heterocycles. The van der Waals surface area contributed by atoms with Crippen LogP contribution in [0, 0.1) is 5.92 Å². The van der Waals surface area contributed by atoms with Gasteiger partial charge < -0.3 is 9.88 Å². The van der Waals surface area contributed by atoms with Gasteiger partial charge in [0.05, 0.1) is 5.25 Å². The minimum Gasteiger partial charge on any atom is -0.302 e. The Labute approximate surface area is 166 Å². The number of pyridine rings is 1. The van der Waals surface area contributed by atoms with E-state index >= 15 is 0 Å². The smallest absolute Gasteiger partial charge is 0.239 e. The molecule has 0 aromatic carbocycles. The van der Waals surface area contributed by atoms with E-state index in [0.717, 1.165) is 23.1 Å². The van der Waals surface area contributed by atoms with Crippen molar-refractivity contribution >= 4 is 34.1 Å². The molecule has 3 heterocycles. The van der Waals surface area contributed by atoms with E-state index in [1.54, 1.807) is 18.6 Å². The highest BCUT2D eigenvalue weighted by atomic mass is 32.2. The fourth-order valence-electron chi connectivity index (χ4n) is 2.54. The summed E-state index contributed by atoms with van der Waals surface area (Å²) in [7, 11) is 0. The maximum absolute atomic E-state index is 12.6. The van der Waals surface area contributed by atoms with E-state index in [1.807, 2.05) is 24.4 Å². The molecule has 0 fully saturated rings. The van der Waals surface area contributed by atoms with Crippen LogP contribution in [0.3, 0.4) is 0 Å². The number of anilines is 1. The predicted molar refractivity (Wildman–Crippen MR) is 109 cm³/mol. The molecule has 0 bridgehead atoms. The molecule has 3 aromatic heterocycles. The van der Waals surface area contributed by atoms with E-state index < -0.39 is 0 Å². The third-order valence-electron chi connectivity index (χ3n) is 3.78. The summed E-state index contributed by atoms with van der Waals surface area (Å²) >= 11 is 2.85. The van der Waals surface area contributed by atoms with Gasteiger partial charge >= 0.3 is 0 Å². The van der Waals surface area contributed by atoms with Crippen LogP contribution in [0.5, 0.6) is 0 Å². The van der Waals surface area contributed by atoms with E-state index in [1.165, 1.54) is 23.1 Å². The van der Waals surface area contributed by atoms with Crippen LogP contribution in [0.4, 0.5) is 5.13 Å². The maximum Gasteiger partial charge on any atom is 0.239 e. The van der Waals surface area contributed by atoms with Gasteiger partial charge in [-0.1, -0.05) is 32.5 Å². The Balaban J connectivity index is 1.84. The van der Waals surface area contributed by atoms with Crippen LogP contribution in [0.1, 0.15) is 27.2 Å². The molecule has 0 aliphatic carbocycles. The van der Waals surface area contributed by atoms with Gasteiger partial charge in [0.2, 0.25) is 5.91 Å². The minimum atomic E-state index is -0.269. The molecule has 0 spiro atoms. The molecule has 3 rings (SSSR count). The summed E-state index contributed by atoms with van der Waals surface area (Å²) in [6.07, 6.45) is 5.84. The Morgan fingerprint density at radius 1 is 1.26 bits per heavy atom. The number of thiazole rings is 1. The number of hydrogen-bond donors (Lipinski definition) is 1. The average molecular weight is 403 g/mol. The van der Waals surface area contributed by atoms with Gasteiger partial charge in [-0.15, -0.1) is 21.5 Å². The molecule has 1 N–H and O–H groups in total. The van der Waals surface area contributed by atoms with E-state index in [4.69, 9.17) is 0 Å². The van der Waals surface area contributed by atoms with Gasteiger partial charge in [0.1, 0.15) is 0 Å². The largest absolute Gasteiger partial charge is 0.302 e. The number of thioether (sulfide) groups is 1. The molecule has 142 valence electrons. The number of aromatic nitrogens is 5. The summed E-state index contributed by atoms with van der Waals surface area (Å²) in [4.78, 5) is 20.8. The van der Waals surface area contributed by atoms with Crippen LogP contribution in [-0.4, -0.2) is 35.9 Å². The third-order valence-corrected chi connectivity index (χ3v) is 5.81. The van der Waals surface area contributed by atoms with Crippen molar-refractivity contribution in [2.24, 2.45) is 5.92 Å². The monoisotopic (exact) mass is 402 g/mol. The molecule has 9 heteroatoms. The molecule has 7 nitrogen and oxygen atoms in total. The Kier molecular flexibility index (Phi) is 6.57. The Hall–Kier alpha value is -2.26. The second-order valence-electron chi connectivity index (χ2n) is 6.39. The first-order valence-corrected chi connectivity index (χ1v) is 10.5. The van der Waals surface area contributed by atoms with E-state index in [-0.39, 0.29) is 11.2 Å². The fourth-order valence-corrected chi connectivity index (χ4v) is 4.04. The van der Waals surface area contributed by atoms with Crippen molar-refractivity contribution in [2.45, 2.75) is 44.1 Å². The van der Waals surface area contributed by atoms with Gasteiger partial charge in [-0.05, 0) is 24.5 Å². The highest BCUT2D eigenvalue weighted by Gasteiger charge is 2.24. The highest BCUT2D eigenvalue weighted by Crippen LogP contribution is 2.29. The van der Waals surface area contributed by atoms with E-state index in [9.17, 15) is 4.79 Å². The predicted octanol–water partition coefficient (Wildman–Crippen LogP) is 3.96. The SMILES string of the molecule is CC[C@@H](Sc1nnc(-c2ccncc2)n1CC(C)C)C(=O)Nc1nccs1. The molecule has 0 radical (unpaired) electrons. The van der Waals surface area contributed by atoms with Crippen molar-refractivity contribution in [1.82, 2.24) is 24.7 Å². The van der Waals surface area contributed by atoms with Crippen molar-refractivity contribution in [3.05, 3.63) is 36.1 Å². The lowest BCUT2D eigenvalue weighted by Crippen LogP contribution is -2.25. The van der Waals surface area contributed by atoms with Crippen molar-refractivity contribution in [2.75, 3.05) is 5.32 Å². The first-order valence-electron chi connectivity index (χ1n) is 8.79. The molecule has 0 aliphatic heterocycles. The van der Waals surface area contributed by atoms with Crippen LogP contribution < -0.4 is 5.32 Å². The van der Waals surface area contributed by atoms with Crippen molar-refractivity contribution in [1.29, 1.82) is 0 Å². The van der Waals surface area contributed by atoms with Crippen LogP contribution in [0.25, 0.3) is 11.4 Å². The summed E-state index contributed by atoms with van der Waals surface area (Å²) in [6.45, 7) is 7.07. The zero-order chi connectivity index (χ0) is 19.2. The first-order chi connectivity index (χ1) is 13.1. The topological polar surface area (TPSA) is 85.6 Å². The third kappa shape index (κ3) is 4.92. The molecule has 0 aliphatic rings. The van der Waals surface area contributed by atoms with E-state index in [2.05, 4.69) is 43.9 Å². The number of carbonyl (C=O) groups is 1. The lowest BCUT2D eigenvalue weighted by atomic mass is 10.2. The Bertz CT molecular complexity index is 863. The van der Waals surface area contributed by atoms with Gasteiger partial charge in [-0.25, -0.2) is 4.98 Å². The average Bonchev–Trinajstić information content (AvgIpc) is 3.30. The Morgan fingerprint density at radius 2 is 2.04 bits per heavy atom. The molecule has 0 unspecified atom stereocenters. The van der Waals surface area contributed by atoms with Crippen LogP contribution >= 0.6 is 23.1 Å². The first kappa shape index (κ1) is 19.5. The fraction of sp³-hybridized carbons (Fsp3) is 0.389. The second kappa shape index (κ2) is 9.09. The summed E-state index contributed by atoms with van der Waals surface area (Å²) in [5.74, 6) is 1.15. The van der Waals surface area contributed by atoms with Crippen LogP contribution in [-0.2, 0) is 11.3 Å². The van der Waals surface area contributed by atoms with Crippen molar-refractivity contribution < 1.29 is 4.79 Å². The zero-order valence-electron chi connectivity index (χ0n) is 15.5. The maximum atomic E-state index is 12.6. The highest BCUT2D eigenvalue weighted by molar-refractivity contribution is 8.00. The quantitative estimate of drug-likeness (QED) is 0.574. The molecule has 1 atom stereocenters. The number of nitrogens with one attached hydrogen (secondary N) is 1. The normalized spacial score (nSPS) is 12.3. The van der Waals surface area contributed by atoms with Crippen molar-refractivity contribution in [3.8, 4) is 11.4 Å². The van der Waals surface area contributed by atoms with Gasteiger partial charge in [-0.2, -0.15) is 0 Å². The molecule has 27 heavy (non-hydrogen) atoms. The van der Waals surface area contributed by atoms with E-state index in [0.29, 0.717) is 17.5 Å². The van der Waals surface area contributed by atoms with Crippen LogP contribution in [0.2, 0.25) is 0 Å². The number of nitrogens with zero attached hydrogens (tertiary/aromatic N) is 5. The molecule has 0 saturated carbocycles. The number of rotatable bonds is 8. The van der Waals surface area contributed by atoms with Gasteiger partial charge in [0.15, 0.2) is 16.1 Å². The molecular weight excluding hydrogens is 380 g/mol. The summed E-state index contributed by atoms with van der Waals surface area (Å²) in [6, 6.07) is 3.84. The minimum absolute atomic E-state index is 0.0676. The summed E-state index contributed by atoms with van der Waals surface area (Å²) < 4.78 is 2.09. The number of hydrogen-bond acceptors (Lipinski definition) is 7.